The second-order valence-electron chi connectivity index (χ2n) is 10.7. The molecule has 0 saturated carbocycles. The number of rotatable bonds is 14. The Bertz CT molecular complexity index is 1480. The molecule has 4 aromatic carbocycles. The van der Waals surface area contributed by atoms with Crippen molar-refractivity contribution in [1.29, 1.82) is 0 Å². The zero-order valence-electron chi connectivity index (χ0n) is 25.4. The summed E-state index contributed by atoms with van der Waals surface area (Å²) < 4.78 is 35.3. The number of benzene rings is 4. The van der Waals surface area contributed by atoms with Crippen LogP contribution in [0.5, 0.6) is 0 Å². The van der Waals surface area contributed by atoms with Crippen molar-refractivity contribution in [3.8, 4) is 0 Å². The van der Waals surface area contributed by atoms with Gasteiger partial charge in [-0.15, -0.1) is 0 Å². The fraction of sp³-hybridized carbons (Fsp3) is 0.306. The molecule has 4 aromatic rings. The van der Waals surface area contributed by atoms with Crippen molar-refractivity contribution in [1.82, 2.24) is 0 Å². The summed E-state index contributed by atoms with van der Waals surface area (Å²) in [6.45, 7) is 0.197. The molecule has 0 bridgehead atoms. The van der Waals surface area contributed by atoms with E-state index in [0.29, 0.717) is 13.2 Å². The largest absolute Gasteiger partial charge is 0.508 e. The fourth-order valence-electron chi connectivity index (χ4n) is 4.94. The van der Waals surface area contributed by atoms with E-state index in [0.717, 1.165) is 21.6 Å². The van der Waals surface area contributed by atoms with E-state index in [1.54, 1.807) is 0 Å². The van der Waals surface area contributed by atoms with Crippen molar-refractivity contribution >= 4 is 52.7 Å². The highest BCUT2D eigenvalue weighted by Crippen LogP contribution is 2.38. The first kappa shape index (κ1) is 35.5. The summed E-state index contributed by atoms with van der Waals surface area (Å²) in [5.74, 6) is 0. The van der Waals surface area contributed by atoms with Gasteiger partial charge in [0.1, 0.15) is 43.1 Å². The van der Waals surface area contributed by atoms with E-state index in [4.69, 9.17) is 63.2 Å². The number of ether oxygens (including phenoxy) is 6. The van der Waals surface area contributed by atoms with Crippen LogP contribution in [0.15, 0.2) is 126 Å². The van der Waals surface area contributed by atoms with E-state index in [1.807, 2.05) is 121 Å². The van der Waals surface area contributed by atoms with E-state index >= 15 is 0 Å². The molecular formula is C36H35Cl3O7S. The van der Waals surface area contributed by atoms with Crippen LogP contribution < -0.4 is 0 Å². The molecular weight excluding hydrogens is 683 g/mol. The van der Waals surface area contributed by atoms with E-state index in [2.05, 4.69) is 0 Å². The molecule has 5 atom stereocenters. The van der Waals surface area contributed by atoms with Crippen LogP contribution in [0.4, 0.5) is 4.79 Å². The maximum Gasteiger partial charge on any atom is 0.508 e. The Morgan fingerprint density at radius 2 is 1.06 bits per heavy atom. The summed E-state index contributed by atoms with van der Waals surface area (Å²) in [6.07, 6.45) is -3.70. The highest BCUT2D eigenvalue weighted by Gasteiger charge is 2.49. The summed E-state index contributed by atoms with van der Waals surface area (Å²) >= 11 is 18.8. The Balaban J connectivity index is 1.45. The van der Waals surface area contributed by atoms with Gasteiger partial charge < -0.3 is 28.4 Å². The van der Waals surface area contributed by atoms with Crippen LogP contribution in [-0.2, 0) is 48.2 Å². The van der Waals surface area contributed by atoms with Gasteiger partial charge in [-0.1, -0.05) is 156 Å². The third-order valence-electron chi connectivity index (χ3n) is 7.16. The van der Waals surface area contributed by atoms with Crippen molar-refractivity contribution in [2.75, 3.05) is 13.2 Å². The molecule has 0 unspecified atom stereocenters. The van der Waals surface area contributed by atoms with Gasteiger partial charge in [-0.05, 0) is 28.8 Å². The molecule has 248 valence electrons. The predicted octanol–water partition coefficient (Wildman–Crippen LogP) is 8.78. The van der Waals surface area contributed by atoms with Crippen LogP contribution in [0.2, 0.25) is 0 Å². The molecule has 0 spiro atoms. The number of carbonyl (C=O) groups is 1. The second-order valence-corrected chi connectivity index (χ2v) is 14.4. The minimum atomic E-state index is -1.78. The lowest BCUT2D eigenvalue weighted by molar-refractivity contribution is -0.252. The third-order valence-corrected chi connectivity index (χ3v) is 8.64. The number of thioether (sulfide) groups is 1. The fourth-order valence-corrected chi connectivity index (χ4v) is 6.25. The van der Waals surface area contributed by atoms with Gasteiger partial charge in [0.25, 0.3) is 0 Å². The van der Waals surface area contributed by atoms with Crippen molar-refractivity contribution in [3.63, 3.8) is 0 Å². The van der Waals surface area contributed by atoms with Crippen molar-refractivity contribution in [2.24, 2.45) is 0 Å². The topological polar surface area (TPSA) is 72.5 Å². The highest BCUT2D eigenvalue weighted by molar-refractivity contribution is 7.99. The Labute approximate surface area is 294 Å². The molecule has 5 rings (SSSR count). The first-order valence-electron chi connectivity index (χ1n) is 15.0. The van der Waals surface area contributed by atoms with Crippen LogP contribution >= 0.6 is 46.6 Å². The van der Waals surface area contributed by atoms with E-state index in [-0.39, 0.29) is 13.2 Å². The van der Waals surface area contributed by atoms with Crippen LogP contribution in [0, 0.1) is 0 Å². The summed E-state index contributed by atoms with van der Waals surface area (Å²) in [7, 11) is 0. The zero-order chi connectivity index (χ0) is 32.9. The maximum absolute atomic E-state index is 12.5. The number of alkyl halides is 3. The molecule has 11 heteroatoms. The number of hydrogen-bond donors (Lipinski definition) is 0. The number of halogens is 3. The SMILES string of the molecule is O=C(OC[C@H]1O[C@@H](Sc2ccccc2)[C@H](OCc2ccccc2)[C@@H](OCc2ccccc2)[C@@H]1OCc1ccccc1)OCC(Cl)(Cl)Cl. The minimum Gasteiger partial charge on any atom is -0.431 e. The first-order chi connectivity index (χ1) is 22.8. The summed E-state index contributed by atoms with van der Waals surface area (Å²) in [6, 6.07) is 39.4. The lowest BCUT2D eigenvalue weighted by atomic mass is 9.99. The molecule has 0 aromatic heterocycles. The molecule has 0 radical (unpaired) electrons. The molecule has 1 aliphatic rings. The molecule has 1 fully saturated rings. The van der Waals surface area contributed by atoms with Gasteiger partial charge in [-0.3, -0.25) is 0 Å². The summed E-state index contributed by atoms with van der Waals surface area (Å²) in [4.78, 5) is 13.5. The molecule has 7 nitrogen and oxygen atoms in total. The van der Waals surface area contributed by atoms with Crippen molar-refractivity contribution in [2.45, 2.75) is 58.4 Å². The van der Waals surface area contributed by atoms with Gasteiger partial charge in [0, 0.05) is 4.90 Å². The molecule has 1 aliphatic heterocycles. The van der Waals surface area contributed by atoms with E-state index in [9.17, 15) is 4.79 Å². The molecule has 0 N–H and O–H groups in total. The van der Waals surface area contributed by atoms with E-state index < -0.39 is 46.4 Å². The Morgan fingerprint density at radius 3 is 1.55 bits per heavy atom. The quantitative estimate of drug-likeness (QED) is 0.0948. The molecule has 1 saturated heterocycles. The van der Waals surface area contributed by atoms with Crippen LogP contribution in [0.3, 0.4) is 0 Å². The molecule has 47 heavy (non-hydrogen) atoms. The second kappa shape index (κ2) is 18.1. The van der Waals surface area contributed by atoms with Crippen molar-refractivity contribution in [3.05, 3.63) is 138 Å². The molecule has 1 heterocycles. The average molecular weight is 718 g/mol. The monoisotopic (exact) mass is 716 g/mol. The molecule has 0 aliphatic carbocycles. The van der Waals surface area contributed by atoms with Gasteiger partial charge in [0.05, 0.1) is 19.8 Å². The smallest absolute Gasteiger partial charge is 0.431 e. The van der Waals surface area contributed by atoms with Gasteiger partial charge in [0.2, 0.25) is 3.79 Å². The van der Waals surface area contributed by atoms with Gasteiger partial charge in [-0.25, -0.2) is 4.79 Å². The Morgan fingerprint density at radius 1 is 0.617 bits per heavy atom. The number of carbonyl (C=O) groups excluding carboxylic acids is 1. The van der Waals surface area contributed by atoms with Crippen LogP contribution in [0.25, 0.3) is 0 Å². The lowest BCUT2D eigenvalue weighted by Gasteiger charge is -2.45. The van der Waals surface area contributed by atoms with Crippen LogP contribution in [-0.4, -0.2) is 53.0 Å². The summed E-state index contributed by atoms with van der Waals surface area (Å²) in [5, 5.41) is 0. The highest BCUT2D eigenvalue weighted by atomic mass is 35.6. The first-order valence-corrected chi connectivity index (χ1v) is 17.1. The molecule has 0 amide bonds. The standard InChI is InChI=1S/C36H35Cl3O7S/c37-36(38,39)25-45-35(40)44-24-30-31(41-21-26-13-5-1-6-14-26)32(42-22-27-15-7-2-8-16-27)33(43-23-28-17-9-3-10-18-28)34(46-30)47-29-19-11-4-12-20-29/h1-20,30-34H,21-25H2/t30-,31-,32+,33-,34+/m1/s1. The number of hydrogen-bond acceptors (Lipinski definition) is 8. The van der Waals surface area contributed by atoms with Gasteiger partial charge in [0.15, 0.2) is 0 Å². The van der Waals surface area contributed by atoms with Crippen LogP contribution in [0.1, 0.15) is 16.7 Å². The maximum atomic E-state index is 12.5. The van der Waals surface area contributed by atoms with Gasteiger partial charge >= 0.3 is 6.16 Å². The van der Waals surface area contributed by atoms with Crippen molar-refractivity contribution < 1.29 is 33.2 Å². The predicted molar refractivity (Wildman–Crippen MR) is 184 cm³/mol. The summed E-state index contributed by atoms with van der Waals surface area (Å²) in [5.41, 5.74) is 2.38. The normalized spacial score (nSPS) is 21.2. The third kappa shape index (κ3) is 11.7. The Hall–Kier alpha value is -2.79. The zero-order valence-corrected chi connectivity index (χ0v) is 28.5. The average Bonchev–Trinajstić information content (AvgIpc) is 3.09. The van der Waals surface area contributed by atoms with Gasteiger partial charge in [-0.2, -0.15) is 0 Å². The minimum absolute atomic E-state index is 0.208. The van der Waals surface area contributed by atoms with E-state index in [1.165, 1.54) is 11.8 Å². The lowest BCUT2D eigenvalue weighted by Crippen LogP contribution is -2.60. The Kier molecular flexibility index (Phi) is 13.7.